The van der Waals surface area contributed by atoms with Gasteiger partial charge in [0.15, 0.2) is 11.0 Å². The minimum atomic E-state index is -1.11. The zero-order valence-corrected chi connectivity index (χ0v) is 24.1. The standard InChI is InChI=1S/C31H26Cl2FN5O3/c1-14-18(29(40)41)7-9-38-22-11-21-23(26(22)37-28(14)38)24(19-6-8-35-27(33)25(19)34)31(39(21)13-15-2-3-15)12-16-4-5-17(32)10-20(16)36-30(31)42/h4-10,15,21,23-24H,2-3,11-13H2,1H3,(H,36,42)(H,40,41)/t21-,23+,24-,31+/m0/s1. The molecule has 2 N–H and O–H groups in total. The summed E-state index contributed by atoms with van der Waals surface area (Å²) in [4.78, 5) is 37.7. The van der Waals surface area contributed by atoms with Gasteiger partial charge in [-0.3, -0.25) is 9.69 Å². The number of hydrogen-bond acceptors (Lipinski definition) is 5. The molecule has 1 amide bonds. The molecule has 42 heavy (non-hydrogen) atoms. The number of carboxylic acid groups (broad SMARTS) is 1. The van der Waals surface area contributed by atoms with Crippen molar-refractivity contribution in [3.8, 4) is 0 Å². The Hall–Kier alpha value is -3.53. The number of aromatic carboxylic acids is 1. The van der Waals surface area contributed by atoms with Crippen LogP contribution in [0.15, 0.2) is 42.7 Å². The van der Waals surface area contributed by atoms with E-state index >= 15 is 4.39 Å². The second-order valence-corrected chi connectivity index (χ2v) is 12.8. The number of rotatable bonds is 4. The van der Waals surface area contributed by atoms with E-state index in [0.717, 1.165) is 29.8 Å². The van der Waals surface area contributed by atoms with Crippen molar-refractivity contribution in [2.24, 2.45) is 5.92 Å². The average Bonchev–Trinajstić information content (AvgIpc) is 3.52. The highest BCUT2D eigenvalue weighted by molar-refractivity contribution is 6.31. The fourth-order valence-corrected chi connectivity index (χ4v) is 8.21. The van der Waals surface area contributed by atoms with E-state index in [-0.39, 0.29) is 28.6 Å². The fourth-order valence-electron chi connectivity index (χ4n) is 7.87. The van der Waals surface area contributed by atoms with Gasteiger partial charge < -0.3 is 14.8 Å². The number of hydrogen-bond donors (Lipinski definition) is 2. The minimum absolute atomic E-state index is 0.115. The van der Waals surface area contributed by atoms with Crippen molar-refractivity contribution >= 4 is 46.4 Å². The molecule has 4 aromatic rings. The van der Waals surface area contributed by atoms with Crippen LogP contribution in [0.4, 0.5) is 10.1 Å². The Labute approximate surface area is 250 Å². The van der Waals surface area contributed by atoms with E-state index in [2.05, 4.69) is 15.2 Å². The van der Waals surface area contributed by atoms with Gasteiger partial charge in [0.25, 0.3) is 0 Å². The summed E-state index contributed by atoms with van der Waals surface area (Å²) in [5, 5.41) is 13.2. The number of nitrogens with one attached hydrogen (secondary N) is 1. The molecule has 2 aliphatic carbocycles. The van der Waals surface area contributed by atoms with E-state index in [9.17, 15) is 14.7 Å². The van der Waals surface area contributed by atoms with Gasteiger partial charge in [-0.25, -0.2) is 19.2 Å². The van der Waals surface area contributed by atoms with E-state index in [0.29, 0.717) is 52.8 Å². The summed E-state index contributed by atoms with van der Waals surface area (Å²) < 4.78 is 18.0. The quantitative estimate of drug-likeness (QED) is 0.292. The lowest BCUT2D eigenvalue weighted by Crippen LogP contribution is -2.61. The van der Waals surface area contributed by atoms with Crippen LogP contribution in [0.3, 0.4) is 0 Å². The molecule has 11 heteroatoms. The Morgan fingerprint density at radius 2 is 2.05 bits per heavy atom. The highest BCUT2D eigenvalue weighted by Crippen LogP contribution is 2.61. The maximum atomic E-state index is 16.1. The maximum Gasteiger partial charge on any atom is 0.336 e. The Balaban J connectivity index is 1.38. The Morgan fingerprint density at radius 3 is 2.81 bits per heavy atom. The van der Waals surface area contributed by atoms with Crippen molar-refractivity contribution in [3.63, 3.8) is 0 Å². The Bertz CT molecular complexity index is 1860. The summed E-state index contributed by atoms with van der Waals surface area (Å²) in [7, 11) is 0. The zero-order chi connectivity index (χ0) is 29.1. The summed E-state index contributed by atoms with van der Waals surface area (Å²) in [6, 6.07) is 8.62. The van der Waals surface area contributed by atoms with Crippen LogP contribution >= 0.6 is 23.2 Å². The van der Waals surface area contributed by atoms with E-state index in [4.69, 9.17) is 28.2 Å². The van der Waals surface area contributed by atoms with Crippen LogP contribution in [0.5, 0.6) is 0 Å². The first-order valence-corrected chi connectivity index (χ1v) is 14.8. The van der Waals surface area contributed by atoms with Gasteiger partial charge in [-0.2, -0.15) is 0 Å². The molecule has 3 aromatic heterocycles. The zero-order valence-electron chi connectivity index (χ0n) is 22.6. The minimum Gasteiger partial charge on any atom is -0.478 e. The third-order valence-electron chi connectivity index (χ3n) is 9.86. The highest BCUT2D eigenvalue weighted by Gasteiger charge is 2.67. The predicted octanol–water partition coefficient (Wildman–Crippen LogP) is 5.63. The monoisotopic (exact) mass is 605 g/mol. The van der Waals surface area contributed by atoms with E-state index < -0.39 is 23.2 Å². The molecule has 4 aliphatic rings. The second-order valence-electron chi connectivity index (χ2n) is 12.0. The van der Waals surface area contributed by atoms with E-state index in [1.807, 2.05) is 16.5 Å². The van der Waals surface area contributed by atoms with Crippen LogP contribution < -0.4 is 5.32 Å². The molecular weight excluding hydrogens is 580 g/mol. The normalized spacial score (nSPS) is 26.4. The largest absolute Gasteiger partial charge is 0.478 e. The number of anilines is 1. The smallest absolute Gasteiger partial charge is 0.336 e. The lowest BCUT2D eigenvalue weighted by Gasteiger charge is -2.46. The number of imidazole rings is 1. The first-order chi connectivity index (χ1) is 20.2. The number of carbonyl (C=O) groups excluding carboxylic acids is 1. The maximum absolute atomic E-state index is 16.1. The van der Waals surface area contributed by atoms with Crippen molar-refractivity contribution in [1.29, 1.82) is 0 Å². The molecule has 5 heterocycles. The van der Waals surface area contributed by atoms with Gasteiger partial charge in [0, 0.05) is 71.6 Å². The van der Waals surface area contributed by atoms with Gasteiger partial charge in [-0.1, -0.05) is 29.3 Å². The Kier molecular flexibility index (Phi) is 5.59. The van der Waals surface area contributed by atoms with Gasteiger partial charge in [-0.05, 0) is 61.1 Å². The van der Waals surface area contributed by atoms with Gasteiger partial charge in [0.2, 0.25) is 5.91 Å². The molecule has 0 radical (unpaired) electrons. The molecule has 8 nitrogen and oxygen atoms in total. The first-order valence-electron chi connectivity index (χ1n) is 14.1. The van der Waals surface area contributed by atoms with Crippen molar-refractivity contribution in [2.45, 2.75) is 56.0 Å². The third-order valence-corrected chi connectivity index (χ3v) is 10.4. The molecule has 8 rings (SSSR count). The van der Waals surface area contributed by atoms with Crippen LogP contribution in [-0.2, 0) is 17.6 Å². The van der Waals surface area contributed by atoms with Gasteiger partial charge in [0.05, 0.1) is 11.3 Å². The number of carbonyl (C=O) groups is 2. The summed E-state index contributed by atoms with van der Waals surface area (Å²) in [6.45, 7) is 2.47. The summed E-state index contributed by atoms with van der Waals surface area (Å²) in [6.07, 6.45) is 6.39. The van der Waals surface area contributed by atoms with Gasteiger partial charge in [0.1, 0.15) is 11.2 Å². The van der Waals surface area contributed by atoms with Crippen molar-refractivity contribution in [1.82, 2.24) is 19.3 Å². The molecule has 2 fully saturated rings. The number of aryl methyl sites for hydroxylation is 1. The third kappa shape index (κ3) is 3.50. The van der Waals surface area contributed by atoms with Crippen LogP contribution in [-0.4, -0.2) is 54.4 Å². The summed E-state index contributed by atoms with van der Waals surface area (Å²) in [5.41, 5.74) is 3.87. The van der Waals surface area contributed by atoms with Crippen LogP contribution in [0.1, 0.15) is 63.1 Å². The van der Waals surface area contributed by atoms with E-state index in [1.165, 1.54) is 6.20 Å². The number of nitrogens with zero attached hydrogens (tertiary/aromatic N) is 4. The van der Waals surface area contributed by atoms with Crippen molar-refractivity contribution < 1.29 is 19.1 Å². The molecule has 2 aliphatic heterocycles. The van der Waals surface area contributed by atoms with Gasteiger partial charge in [-0.15, -0.1) is 0 Å². The number of pyridine rings is 2. The predicted molar refractivity (Wildman–Crippen MR) is 155 cm³/mol. The molecule has 4 atom stereocenters. The van der Waals surface area contributed by atoms with E-state index in [1.54, 1.807) is 31.3 Å². The Morgan fingerprint density at radius 1 is 1.24 bits per heavy atom. The molecule has 1 spiro atoms. The molecule has 1 saturated heterocycles. The van der Waals surface area contributed by atoms with Crippen LogP contribution in [0.2, 0.25) is 10.2 Å². The number of benzene rings is 1. The summed E-state index contributed by atoms with van der Waals surface area (Å²) in [5.74, 6) is -2.35. The summed E-state index contributed by atoms with van der Waals surface area (Å²) >= 11 is 12.6. The highest BCUT2D eigenvalue weighted by atomic mass is 35.5. The molecule has 214 valence electrons. The number of likely N-dealkylation sites (tertiary alicyclic amines) is 1. The number of aromatic nitrogens is 3. The van der Waals surface area contributed by atoms with Crippen molar-refractivity contribution in [3.05, 3.63) is 92.4 Å². The molecular formula is C31H26Cl2FN5O3. The number of fused-ring (bicyclic) bond motifs is 6. The second kappa shape index (κ2) is 8.99. The fraction of sp³-hybridized carbons (Fsp3) is 0.355. The number of amides is 1. The van der Waals surface area contributed by atoms with Crippen LogP contribution in [0.25, 0.3) is 5.65 Å². The SMILES string of the molecule is Cc1c(C(=O)O)ccn2c3c(nc12)[C@@H]1[C@H](C3)N(CC2CC2)[C@]2(Cc3ccc(Cl)cc3NC2=O)[C@H]1c1ccnc(Cl)c1F. The lowest BCUT2D eigenvalue weighted by atomic mass is 9.69. The van der Waals surface area contributed by atoms with Crippen LogP contribution in [0, 0.1) is 18.7 Å². The molecule has 1 saturated carbocycles. The molecule has 1 aromatic carbocycles. The lowest BCUT2D eigenvalue weighted by molar-refractivity contribution is -0.129. The first kappa shape index (κ1) is 26.1. The topological polar surface area (TPSA) is 99.8 Å². The van der Waals surface area contributed by atoms with Gasteiger partial charge >= 0.3 is 5.97 Å². The molecule has 0 bridgehead atoms. The average molecular weight is 606 g/mol. The van der Waals surface area contributed by atoms with Crippen molar-refractivity contribution in [2.75, 3.05) is 11.9 Å². The molecule has 0 unspecified atom stereocenters. The number of carboxylic acids is 1. The number of halogens is 3.